The minimum absolute atomic E-state index is 0.911. The smallest absolute Gasteiger partial charge is 0.119 e. The average Bonchev–Trinajstić information content (AvgIpc) is 2.26. The molecule has 0 fully saturated rings. The molecule has 2 heteroatoms. The summed E-state index contributed by atoms with van der Waals surface area (Å²) in [6, 6.07) is 8.14. The van der Waals surface area contributed by atoms with Gasteiger partial charge in [-0.1, -0.05) is 24.3 Å². The van der Waals surface area contributed by atoms with Crippen LogP contribution in [-0.2, 0) is 6.42 Å². The van der Waals surface area contributed by atoms with Gasteiger partial charge in [-0.3, -0.25) is 0 Å². The van der Waals surface area contributed by atoms with E-state index >= 15 is 0 Å². The van der Waals surface area contributed by atoms with Crippen molar-refractivity contribution in [3.63, 3.8) is 0 Å². The lowest BCUT2D eigenvalue weighted by Gasteiger charge is -2.07. The first kappa shape index (κ1) is 11.8. The fraction of sp³-hybridized carbons (Fsp3) is 0.385. The summed E-state index contributed by atoms with van der Waals surface area (Å²) < 4.78 is 5.18. The van der Waals surface area contributed by atoms with Crippen LogP contribution in [0.15, 0.2) is 36.4 Å². The van der Waals surface area contributed by atoms with Crippen LogP contribution < -0.4 is 10.1 Å². The van der Waals surface area contributed by atoms with Gasteiger partial charge in [-0.2, -0.15) is 0 Å². The molecule has 0 heterocycles. The van der Waals surface area contributed by atoms with E-state index in [2.05, 4.69) is 24.0 Å². The van der Waals surface area contributed by atoms with Gasteiger partial charge in [0.25, 0.3) is 0 Å². The van der Waals surface area contributed by atoms with E-state index in [0.717, 1.165) is 25.1 Å². The monoisotopic (exact) mass is 205 g/mol. The maximum Gasteiger partial charge on any atom is 0.119 e. The van der Waals surface area contributed by atoms with Crippen LogP contribution in [-0.4, -0.2) is 20.7 Å². The zero-order valence-corrected chi connectivity index (χ0v) is 9.55. The van der Waals surface area contributed by atoms with Gasteiger partial charge in [0.2, 0.25) is 0 Å². The van der Waals surface area contributed by atoms with E-state index in [1.54, 1.807) is 7.11 Å². The van der Waals surface area contributed by atoms with E-state index in [-0.39, 0.29) is 0 Å². The number of methoxy groups -OCH3 is 1. The summed E-state index contributed by atoms with van der Waals surface area (Å²) in [6.45, 7) is 5.05. The highest BCUT2D eigenvalue weighted by Gasteiger charge is 1.98. The summed E-state index contributed by atoms with van der Waals surface area (Å²) in [4.78, 5) is 0. The molecule has 0 atom stereocenters. The Bertz CT molecular complexity index is 320. The molecule has 0 spiro atoms. The van der Waals surface area contributed by atoms with Crippen LogP contribution in [0, 0.1) is 0 Å². The summed E-state index contributed by atoms with van der Waals surface area (Å²) in [7, 11) is 3.65. The Kier molecular flexibility index (Phi) is 4.91. The maximum atomic E-state index is 5.18. The summed E-state index contributed by atoms with van der Waals surface area (Å²) in [5.74, 6) is 0.911. The standard InChI is InChI=1S/C13H19NO/c1-11(7-8-14-2)9-12-5-4-6-13(10-12)15-3/h4-6,10,14H,1,7-9H2,2-3H3. The van der Waals surface area contributed by atoms with E-state index in [9.17, 15) is 0 Å². The van der Waals surface area contributed by atoms with Crippen LogP contribution in [0.5, 0.6) is 5.75 Å². The topological polar surface area (TPSA) is 21.3 Å². The van der Waals surface area contributed by atoms with Gasteiger partial charge in [-0.15, -0.1) is 0 Å². The van der Waals surface area contributed by atoms with Crippen LogP contribution in [0.3, 0.4) is 0 Å². The first-order chi connectivity index (χ1) is 7.26. The fourth-order valence-corrected chi connectivity index (χ4v) is 1.46. The van der Waals surface area contributed by atoms with Crippen LogP contribution >= 0.6 is 0 Å². The van der Waals surface area contributed by atoms with Crippen molar-refractivity contribution in [1.82, 2.24) is 5.32 Å². The van der Waals surface area contributed by atoms with Crippen molar-refractivity contribution in [2.45, 2.75) is 12.8 Å². The SMILES string of the molecule is C=C(CCNC)Cc1cccc(OC)c1. The highest BCUT2D eigenvalue weighted by molar-refractivity contribution is 5.30. The summed E-state index contributed by atoms with van der Waals surface area (Å²) >= 11 is 0. The minimum atomic E-state index is 0.911. The van der Waals surface area contributed by atoms with Crippen LogP contribution in [0.25, 0.3) is 0 Å². The Morgan fingerprint density at radius 2 is 2.27 bits per heavy atom. The lowest BCUT2D eigenvalue weighted by molar-refractivity contribution is 0.414. The quantitative estimate of drug-likeness (QED) is 0.720. The highest BCUT2D eigenvalue weighted by Crippen LogP contribution is 2.16. The number of ether oxygens (including phenoxy) is 1. The van der Waals surface area contributed by atoms with Gasteiger partial charge in [0.05, 0.1) is 7.11 Å². The molecule has 1 aromatic rings. The normalized spacial score (nSPS) is 10.0. The van der Waals surface area contributed by atoms with Gasteiger partial charge < -0.3 is 10.1 Å². The summed E-state index contributed by atoms with van der Waals surface area (Å²) in [6.07, 6.45) is 1.95. The molecule has 0 saturated carbocycles. The third kappa shape index (κ3) is 4.17. The number of benzene rings is 1. The number of hydrogen-bond acceptors (Lipinski definition) is 2. The Hall–Kier alpha value is -1.28. The van der Waals surface area contributed by atoms with E-state index < -0.39 is 0 Å². The van der Waals surface area contributed by atoms with Crippen LogP contribution in [0.4, 0.5) is 0 Å². The molecular formula is C13H19NO. The molecule has 0 radical (unpaired) electrons. The molecule has 0 bridgehead atoms. The molecule has 0 unspecified atom stereocenters. The largest absolute Gasteiger partial charge is 0.497 e. The molecule has 0 saturated heterocycles. The van der Waals surface area contributed by atoms with Gasteiger partial charge in [-0.25, -0.2) is 0 Å². The number of rotatable bonds is 6. The lowest BCUT2D eigenvalue weighted by Crippen LogP contribution is -2.08. The van der Waals surface area contributed by atoms with E-state index in [0.29, 0.717) is 0 Å². The Morgan fingerprint density at radius 3 is 2.93 bits per heavy atom. The number of hydrogen-bond donors (Lipinski definition) is 1. The van der Waals surface area contributed by atoms with Crippen molar-refractivity contribution in [2.75, 3.05) is 20.7 Å². The molecule has 1 rings (SSSR count). The van der Waals surface area contributed by atoms with E-state index in [1.807, 2.05) is 19.2 Å². The molecule has 0 aliphatic rings. The van der Waals surface area contributed by atoms with Gasteiger partial charge in [0.15, 0.2) is 0 Å². The molecule has 15 heavy (non-hydrogen) atoms. The Labute approximate surface area is 92.0 Å². The van der Waals surface area contributed by atoms with Gasteiger partial charge in [0.1, 0.15) is 5.75 Å². The molecule has 1 aromatic carbocycles. The second-order valence-corrected chi connectivity index (χ2v) is 3.63. The average molecular weight is 205 g/mol. The molecule has 0 amide bonds. The van der Waals surface area contributed by atoms with Crippen molar-refractivity contribution in [3.05, 3.63) is 42.0 Å². The van der Waals surface area contributed by atoms with Gasteiger partial charge in [0, 0.05) is 0 Å². The van der Waals surface area contributed by atoms with Crippen LogP contribution in [0.1, 0.15) is 12.0 Å². The summed E-state index contributed by atoms with van der Waals surface area (Å²) in [5, 5.41) is 3.12. The second kappa shape index (κ2) is 6.25. The lowest BCUT2D eigenvalue weighted by atomic mass is 10.0. The van der Waals surface area contributed by atoms with Gasteiger partial charge >= 0.3 is 0 Å². The van der Waals surface area contributed by atoms with E-state index in [4.69, 9.17) is 4.74 Å². The van der Waals surface area contributed by atoms with Crippen molar-refractivity contribution in [1.29, 1.82) is 0 Å². The van der Waals surface area contributed by atoms with E-state index in [1.165, 1.54) is 11.1 Å². The molecule has 0 aliphatic carbocycles. The molecule has 82 valence electrons. The third-order valence-electron chi connectivity index (χ3n) is 2.32. The highest BCUT2D eigenvalue weighted by atomic mass is 16.5. The van der Waals surface area contributed by atoms with Crippen molar-refractivity contribution in [3.8, 4) is 5.75 Å². The second-order valence-electron chi connectivity index (χ2n) is 3.63. The number of nitrogens with one attached hydrogen (secondary N) is 1. The third-order valence-corrected chi connectivity index (χ3v) is 2.32. The molecule has 1 N–H and O–H groups in total. The van der Waals surface area contributed by atoms with Crippen LogP contribution in [0.2, 0.25) is 0 Å². The molecular weight excluding hydrogens is 186 g/mol. The first-order valence-electron chi connectivity index (χ1n) is 5.20. The van der Waals surface area contributed by atoms with Gasteiger partial charge in [-0.05, 0) is 44.1 Å². The predicted octanol–water partition coefficient (Wildman–Crippen LogP) is 2.40. The summed E-state index contributed by atoms with van der Waals surface area (Å²) in [5.41, 5.74) is 2.51. The Balaban J connectivity index is 2.52. The first-order valence-corrected chi connectivity index (χ1v) is 5.20. The fourth-order valence-electron chi connectivity index (χ4n) is 1.46. The van der Waals surface area contributed by atoms with Crippen molar-refractivity contribution < 1.29 is 4.74 Å². The molecule has 2 nitrogen and oxygen atoms in total. The Morgan fingerprint density at radius 1 is 1.47 bits per heavy atom. The zero-order chi connectivity index (χ0) is 11.1. The predicted molar refractivity (Wildman–Crippen MR) is 64.4 cm³/mol. The molecule has 0 aromatic heterocycles. The maximum absolute atomic E-state index is 5.18. The minimum Gasteiger partial charge on any atom is -0.497 e. The molecule has 0 aliphatic heterocycles. The van der Waals surface area contributed by atoms with Crippen molar-refractivity contribution in [2.24, 2.45) is 0 Å². The zero-order valence-electron chi connectivity index (χ0n) is 9.55. The van der Waals surface area contributed by atoms with Crippen molar-refractivity contribution >= 4 is 0 Å².